The first-order valence-electron chi connectivity index (χ1n) is 8.35. The van der Waals surface area contributed by atoms with E-state index in [1.165, 1.54) is 6.39 Å². The standard InChI is InChI=1S/C17H23N5O2/c1-12-16(21-11-24-12)17(23)22-6-3-4-13(5-7-22)8-14-9-20-15(18-2)10-19-14/h9-11,13H,3-8H2,1-2H3,(H,18,20)/t13-/m1/s1. The second-order valence-electron chi connectivity index (χ2n) is 6.19. The molecule has 1 aliphatic heterocycles. The van der Waals surface area contributed by atoms with E-state index in [1.54, 1.807) is 13.1 Å². The van der Waals surface area contributed by atoms with Gasteiger partial charge in [0.25, 0.3) is 5.91 Å². The predicted octanol–water partition coefficient (Wildman–Crippen LogP) is 2.30. The zero-order chi connectivity index (χ0) is 16.9. The lowest BCUT2D eigenvalue weighted by atomic mass is 9.95. The van der Waals surface area contributed by atoms with Crippen LogP contribution in [0.15, 0.2) is 23.2 Å². The van der Waals surface area contributed by atoms with Gasteiger partial charge in [-0.05, 0) is 38.5 Å². The Morgan fingerprint density at radius 2 is 2.17 bits per heavy atom. The lowest BCUT2D eigenvalue weighted by molar-refractivity contribution is 0.0753. The molecule has 0 unspecified atom stereocenters. The van der Waals surface area contributed by atoms with E-state index in [0.29, 0.717) is 17.4 Å². The molecular formula is C17H23N5O2. The Kier molecular flexibility index (Phi) is 5.08. The van der Waals surface area contributed by atoms with Gasteiger partial charge in [-0.1, -0.05) is 0 Å². The third kappa shape index (κ3) is 3.72. The third-order valence-electron chi connectivity index (χ3n) is 4.54. The fourth-order valence-electron chi connectivity index (χ4n) is 3.12. The van der Waals surface area contributed by atoms with Crippen LogP contribution in [0.4, 0.5) is 5.82 Å². The van der Waals surface area contributed by atoms with E-state index in [4.69, 9.17) is 4.42 Å². The van der Waals surface area contributed by atoms with Gasteiger partial charge in [0, 0.05) is 20.1 Å². The lowest BCUT2D eigenvalue weighted by Gasteiger charge is -2.19. The molecule has 3 heterocycles. The van der Waals surface area contributed by atoms with Crippen LogP contribution in [-0.4, -0.2) is 45.9 Å². The first kappa shape index (κ1) is 16.4. The molecule has 1 fully saturated rings. The lowest BCUT2D eigenvalue weighted by Crippen LogP contribution is -2.32. The van der Waals surface area contributed by atoms with Gasteiger partial charge in [0.05, 0.1) is 18.1 Å². The monoisotopic (exact) mass is 329 g/mol. The predicted molar refractivity (Wildman–Crippen MR) is 89.8 cm³/mol. The number of rotatable bonds is 4. The minimum Gasteiger partial charge on any atom is -0.448 e. The Morgan fingerprint density at radius 3 is 2.83 bits per heavy atom. The van der Waals surface area contributed by atoms with Crippen LogP contribution in [0, 0.1) is 12.8 Å². The van der Waals surface area contributed by atoms with Crippen molar-refractivity contribution in [2.75, 3.05) is 25.5 Å². The van der Waals surface area contributed by atoms with Crippen molar-refractivity contribution in [3.63, 3.8) is 0 Å². The molecule has 7 heteroatoms. The van der Waals surface area contributed by atoms with Gasteiger partial charge >= 0.3 is 0 Å². The van der Waals surface area contributed by atoms with Crippen molar-refractivity contribution in [3.05, 3.63) is 35.9 Å². The van der Waals surface area contributed by atoms with Gasteiger partial charge in [-0.2, -0.15) is 0 Å². The summed E-state index contributed by atoms with van der Waals surface area (Å²) in [6, 6.07) is 0. The highest BCUT2D eigenvalue weighted by Gasteiger charge is 2.24. The molecule has 2 aromatic heterocycles. The molecule has 24 heavy (non-hydrogen) atoms. The SMILES string of the molecule is CNc1cnc(C[C@@H]2CCCN(C(=O)c3ncoc3C)CC2)cn1. The molecule has 0 radical (unpaired) electrons. The first-order chi connectivity index (χ1) is 11.7. The smallest absolute Gasteiger partial charge is 0.276 e. The highest BCUT2D eigenvalue weighted by molar-refractivity contribution is 5.93. The van der Waals surface area contributed by atoms with Crippen LogP contribution in [0.3, 0.4) is 0 Å². The van der Waals surface area contributed by atoms with Gasteiger partial charge in [-0.15, -0.1) is 0 Å². The van der Waals surface area contributed by atoms with E-state index in [0.717, 1.165) is 50.3 Å². The number of anilines is 1. The molecule has 1 aliphatic rings. The Bertz CT molecular complexity index is 683. The Hall–Kier alpha value is -2.44. The van der Waals surface area contributed by atoms with Gasteiger partial charge < -0.3 is 14.6 Å². The van der Waals surface area contributed by atoms with E-state index in [-0.39, 0.29) is 5.91 Å². The van der Waals surface area contributed by atoms with Crippen molar-refractivity contribution in [2.45, 2.75) is 32.6 Å². The van der Waals surface area contributed by atoms with E-state index in [2.05, 4.69) is 20.3 Å². The largest absolute Gasteiger partial charge is 0.448 e. The molecule has 0 spiro atoms. The molecule has 2 aromatic rings. The first-order valence-corrected chi connectivity index (χ1v) is 8.35. The number of nitrogens with zero attached hydrogens (tertiary/aromatic N) is 4. The molecule has 0 aliphatic carbocycles. The van der Waals surface area contributed by atoms with Crippen molar-refractivity contribution in [1.82, 2.24) is 19.9 Å². The Balaban J connectivity index is 1.58. The molecule has 1 atom stereocenters. The molecule has 7 nitrogen and oxygen atoms in total. The number of carbonyl (C=O) groups is 1. The molecular weight excluding hydrogens is 306 g/mol. The second-order valence-corrected chi connectivity index (χ2v) is 6.19. The van der Waals surface area contributed by atoms with Gasteiger partial charge in [-0.3, -0.25) is 9.78 Å². The molecule has 128 valence electrons. The normalized spacial score (nSPS) is 18.2. The van der Waals surface area contributed by atoms with E-state index < -0.39 is 0 Å². The molecule has 3 rings (SSSR count). The molecule has 0 bridgehead atoms. The Labute approximate surface area is 141 Å². The minimum atomic E-state index is -0.0277. The van der Waals surface area contributed by atoms with Gasteiger partial charge in [0.1, 0.15) is 11.6 Å². The number of oxazole rings is 1. The van der Waals surface area contributed by atoms with Crippen LogP contribution in [0.5, 0.6) is 0 Å². The summed E-state index contributed by atoms with van der Waals surface area (Å²) in [4.78, 5) is 27.2. The molecule has 1 N–H and O–H groups in total. The maximum atomic E-state index is 12.5. The number of hydrogen-bond donors (Lipinski definition) is 1. The van der Waals surface area contributed by atoms with Crippen molar-refractivity contribution < 1.29 is 9.21 Å². The average molecular weight is 329 g/mol. The maximum Gasteiger partial charge on any atom is 0.276 e. The fraction of sp³-hybridized carbons (Fsp3) is 0.529. The summed E-state index contributed by atoms with van der Waals surface area (Å²) < 4.78 is 5.15. The van der Waals surface area contributed by atoms with Crippen LogP contribution in [0.1, 0.15) is 41.2 Å². The Morgan fingerprint density at radius 1 is 1.29 bits per heavy atom. The second kappa shape index (κ2) is 7.42. The quantitative estimate of drug-likeness (QED) is 0.926. The molecule has 1 amide bonds. The molecule has 1 saturated heterocycles. The highest BCUT2D eigenvalue weighted by Crippen LogP contribution is 2.22. The number of amides is 1. The van der Waals surface area contributed by atoms with Gasteiger partial charge in [-0.25, -0.2) is 9.97 Å². The summed E-state index contributed by atoms with van der Waals surface area (Å²) in [5.74, 6) is 1.86. The highest BCUT2D eigenvalue weighted by atomic mass is 16.3. The fourth-order valence-corrected chi connectivity index (χ4v) is 3.12. The number of hydrogen-bond acceptors (Lipinski definition) is 6. The van der Waals surface area contributed by atoms with Crippen LogP contribution in [-0.2, 0) is 6.42 Å². The summed E-state index contributed by atoms with van der Waals surface area (Å²) in [6.45, 7) is 3.29. The number of nitrogens with one attached hydrogen (secondary N) is 1. The molecule has 0 saturated carbocycles. The molecule has 0 aromatic carbocycles. The summed E-state index contributed by atoms with van der Waals surface area (Å²) in [5, 5.41) is 2.97. The summed E-state index contributed by atoms with van der Waals surface area (Å²) >= 11 is 0. The van der Waals surface area contributed by atoms with E-state index in [1.807, 2.05) is 18.1 Å². The summed E-state index contributed by atoms with van der Waals surface area (Å²) in [6.07, 6.45) is 8.89. The minimum absolute atomic E-state index is 0.0277. The number of carbonyl (C=O) groups excluding carboxylic acids is 1. The zero-order valence-corrected chi connectivity index (χ0v) is 14.2. The van der Waals surface area contributed by atoms with Crippen LogP contribution >= 0.6 is 0 Å². The number of likely N-dealkylation sites (tertiary alicyclic amines) is 1. The maximum absolute atomic E-state index is 12.5. The van der Waals surface area contributed by atoms with Crippen molar-refractivity contribution in [3.8, 4) is 0 Å². The van der Waals surface area contributed by atoms with Crippen molar-refractivity contribution >= 4 is 11.7 Å². The number of aryl methyl sites for hydroxylation is 1. The van der Waals surface area contributed by atoms with E-state index in [9.17, 15) is 4.79 Å². The van der Waals surface area contributed by atoms with Crippen molar-refractivity contribution in [1.29, 1.82) is 0 Å². The zero-order valence-electron chi connectivity index (χ0n) is 14.2. The van der Waals surface area contributed by atoms with Crippen molar-refractivity contribution in [2.24, 2.45) is 5.92 Å². The topological polar surface area (TPSA) is 84.2 Å². The van der Waals surface area contributed by atoms with Crippen LogP contribution in [0.25, 0.3) is 0 Å². The summed E-state index contributed by atoms with van der Waals surface area (Å²) in [5.41, 5.74) is 1.44. The van der Waals surface area contributed by atoms with Gasteiger partial charge in [0.2, 0.25) is 0 Å². The third-order valence-corrected chi connectivity index (χ3v) is 4.54. The van der Waals surface area contributed by atoms with E-state index >= 15 is 0 Å². The average Bonchev–Trinajstić information content (AvgIpc) is 2.89. The van der Waals surface area contributed by atoms with Gasteiger partial charge in [0.15, 0.2) is 12.1 Å². The number of aromatic nitrogens is 3. The van der Waals surface area contributed by atoms with Crippen LogP contribution in [0.2, 0.25) is 0 Å². The van der Waals surface area contributed by atoms with Crippen LogP contribution < -0.4 is 5.32 Å². The summed E-state index contributed by atoms with van der Waals surface area (Å²) in [7, 11) is 1.83.